The minimum absolute atomic E-state index is 0.305. The van der Waals surface area contributed by atoms with Gasteiger partial charge in [0.15, 0.2) is 5.69 Å². The van der Waals surface area contributed by atoms with Crippen molar-refractivity contribution in [3.8, 4) is 17.1 Å². The Hall–Kier alpha value is -2.11. The van der Waals surface area contributed by atoms with Gasteiger partial charge in [-0.2, -0.15) is 0 Å². The highest BCUT2D eigenvalue weighted by atomic mass is 79.9. The van der Waals surface area contributed by atoms with Crippen molar-refractivity contribution in [2.45, 2.75) is 13.8 Å². The number of halogens is 2. The molecule has 1 aromatic heterocycles. The van der Waals surface area contributed by atoms with E-state index in [0.717, 1.165) is 21.4 Å². The predicted molar refractivity (Wildman–Crippen MR) is 102 cm³/mol. The summed E-state index contributed by atoms with van der Waals surface area (Å²) in [6.45, 7) is 3.94. The minimum atomic E-state index is -0.425. The molecule has 0 aliphatic heterocycles. The van der Waals surface area contributed by atoms with Gasteiger partial charge in [0.25, 0.3) is 0 Å². The molecular formula is C19H16BrClN2O2. The molecule has 0 unspecified atom stereocenters. The van der Waals surface area contributed by atoms with Crippen LogP contribution in [0.1, 0.15) is 23.1 Å². The van der Waals surface area contributed by atoms with E-state index in [2.05, 4.69) is 20.9 Å². The Morgan fingerprint density at radius 1 is 1.16 bits per heavy atom. The third kappa shape index (κ3) is 3.62. The summed E-state index contributed by atoms with van der Waals surface area (Å²) in [6.07, 6.45) is 0. The number of ether oxygens (including phenoxy) is 1. The fraction of sp³-hybridized carbons (Fsp3) is 0.158. The third-order valence-electron chi connectivity index (χ3n) is 3.76. The topological polar surface area (TPSA) is 44.1 Å². The van der Waals surface area contributed by atoms with Gasteiger partial charge in [0.05, 0.1) is 12.3 Å². The molecule has 0 fully saturated rings. The molecule has 0 spiro atoms. The van der Waals surface area contributed by atoms with E-state index in [4.69, 9.17) is 16.3 Å². The van der Waals surface area contributed by atoms with Crippen LogP contribution in [0.15, 0.2) is 53.0 Å². The number of hydrogen-bond donors (Lipinski definition) is 0. The molecule has 0 amide bonds. The maximum absolute atomic E-state index is 12.3. The Morgan fingerprint density at radius 3 is 2.40 bits per heavy atom. The lowest BCUT2D eigenvalue weighted by atomic mass is 10.2. The first-order chi connectivity index (χ1) is 12.0. The summed E-state index contributed by atoms with van der Waals surface area (Å²) >= 11 is 9.44. The number of benzene rings is 2. The molecule has 6 heteroatoms. The number of nitrogens with zero attached hydrogens (tertiary/aromatic N) is 2. The van der Waals surface area contributed by atoms with Crippen molar-refractivity contribution in [1.82, 2.24) is 9.55 Å². The number of carbonyl (C=O) groups is 1. The van der Waals surface area contributed by atoms with E-state index in [-0.39, 0.29) is 0 Å². The quantitative estimate of drug-likeness (QED) is 0.529. The number of esters is 1. The van der Waals surface area contributed by atoms with Gasteiger partial charge in [-0.1, -0.05) is 27.5 Å². The molecule has 0 radical (unpaired) electrons. The van der Waals surface area contributed by atoms with Gasteiger partial charge in [0.1, 0.15) is 5.82 Å². The second-order valence-corrected chi connectivity index (χ2v) is 6.76. The second kappa shape index (κ2) is 7.42. The maximum atomic E-state index is 12.3. The van der Waals surface area contributed by atoms with Crippen LogP contribution in [0.25, 0.3) is 17.1 Å². The summed E-state index contributed by atoms with van der Waals surface area (Å²) in [5, 5.41) is 0.646. The number of rotatable bonds is 4. The molecule has 0 saturated carbocycles. The molecule has 0 N–H and O–H groups in total. The van der Waals surface area contributed by atoms with E-state index < -0.39 is 5.97 Å². The van der Waals surface area contributed by atoms with Gasteiger partial charge in [0.2, 0.25) is 0 Å². The van der Waals surface area contributed by atoms with Gasteiger partial charge >= 0.3 is 5.97 Å². The highest BCUT2D eigenvalue weighted by Crippen LogP contribution is 2.28. The van der Waals surface area contributed by atoms with Gasteiger partial charge in [0, 0.05) is 20.7 Å². The Morgan fingerprint density at radius 2 is 1.80 bits per heavy atom. The SMILES string of the molecule is CCOC(=O)c1nc(-c2ccc(Cl)cc2)n(-c2ccc(Br)cc2)c1C. The van der Waals surface area contributed by atoms with Gasteiger partial charge in [-0.15, -0.1) is 0 Å². The zero-order valence-corrected chi connectivity index (χ0v) is 16.1. The Bertz CT molecular complexity index is 902. The van der Waals surface area contributed by atoms with E-state index in [9.17, 15) is 4.79 Å². The first kappa shape index (κ1) is 17.7. The van der Waals surface area contributed by atoms with Crippen LogP contribution in [0, 0.1) is 6.92 Å². The molecule has 4 nitrogen and oxygen atoms in total. The van der Waals surface area contributed by atoms with Crippen molar-refractivity contribution < 1.29 is 9.53 Å². The average molecular weight is 420 g/mol. The largest absolute Gasteiger partial charge is 0.461 e. The lowest BCUT2D eigenvalue weighted by Gasteiger charge is -2.11. The van der Waals surface area contributed by atoms with Crippen LogP contribution < -0.4 is 0 Å². The Balaban J connectivity index is 2.21. The highest BCUT2D eigenvalue weighted by molar-refractivity contribution is 9.10. The third-order valence-corrected chi connectivity index (χ3v) is 4.54. The summed E-state index contributed by atoms with van der Waals surface area (Å²) in [5.41, 5.74) is 2.82. The average Bonchev–Trinajstić information content (AvgIpc) is 2.94. The first-order valence-electron chi connectivity index (χ1n) is 7.79. The molecule has 25 heavy (non-hydrogen) atoms. The normalized spacial score (nSPS) is 10.7. The number of carbonyl (C=O) groups excluding carboxylic acids is 1. The van der Waals surface area contributed by atoms with Crippen molar-refractivity contribution in [3.05, 3.63) is 69.4 Å². The zero-order valence-electron chi connectivity index (χ0n) is 13.8. The number of imidazole rings is 1. The van der Waals surface area contributed by atoms with Crippen LogP contribution in [-0.4, -0.2) is 22.1 Å². The predicted octanol–water partition coefficient (Wildman–Crippen LogP) is 5.44. The highest BCUT2D eigenvalue weighted by Gasteiger charge is 2.22. The van der Waals surface area contributed by atoms with E-state index in [1.807, 2.05) is 47.9 Å². The lowest BCUT2D eigenvalue weighted by Crippen LogP contribution is -2.07. The summed E-state index contributed by atoms with van der Waals surface area (Å²) in [5.74, 6) is 0.241. The molecule has 0 atom stereocenters. The van der Waals surface area contributed by atoms with Gasteiger partial charge < -0.3 is 4.74 Å². The molecule has 3 aromatic rings. The zero-order chi connectivity index (χ0) is 18.0. The standard InChI is InChI=1S/C19H16BrClN2O2/c1-3-25-19(24)17-12(2)23(16-10-6-14(20)7-11-16)18(22-17)13-4-8-15(21)9-5-13/h4-11H,3H2,1-2H3. The number of hydrogen-bond acceptors (Lipinski definition) is 3. The van der Waals surface area contributed by atoms with Crippen molar-refractivity contribution in [2.24, 2.45) is 0 Å². The maximum Gasteiger partial charge on any atom is 0.358 e. The molecule has 1 heterocycles. The van der Waals surface area contributed by atoms with Gasteiger partial charge in [-0.05, 0) is 62.4 Å². The van der Waals surface area contributed by atoms with Crippen molar-refractivity contribution in [2.75, 3.05) is 6.61 Å². The van der Waals surface area contributed by atoms with E-state index >= 15 is 0 Å². The Kier molecular flexibility index (Phi) is 5.25. The lowest BCUT2D eigenvalue weighted by molar-refractivity contribution is 0.0519. The fourth-order valence-corrected chi connectivity index (χ4v) is 2.98. The molecule has 0 aliphatic carbocycles. The number of aromatic nitrogens is 2. The summed E-state index contributed by atoms with van der Waals surface area (Å²) in [6, 6.07) is 15.2. The van der Waals surface area contributed by atoms with Crippen LogP contribution in [0.3, 0.4) is 0 Å². The molecule has 0 aliphatic rings. The minimum Gasteiger partial charge on any atom is -0.461 e. The first-order valence-corrected chi connectivity index (χ1v) is 8.96. The molecule has 128 valence electrons. The Labute approximate surface area is 159 Å². The molecule has 0 bridgehead atoms. The summed E-state index contributed by atoms with van der Waals surface area (Å²) < 4.78 is 8.07. The molecule has 2 aromatic carbocycles. The van der Waals surface area contributed by atoms with Crippen molar-refractivity contribution in [1.29, 1.82) is 0 Å². The summed E-state index contributed by atoms with van der Waals surface area (Å²) in [4.78, 5) is 16.8. The fourth-order valence-electron chi connectivity index (χ4n) is 2.59. The van der Waals surface area contributed by atoms with Crippen LogP contribution in [0.2, 0.25) is 5.02 Å². The monoisotopic (exact) mass is 418 g/mol. The van der Waals surface area contributed by atoms with Crippen LogP contribution in [0.5, 0.6) is 0 Å². The van der Waals surface area contributed by atoms with Crippen LogP contribution in [-0.2, 0) is 4.74 Å². The molecular weight excluding hydrogens is 404 g/mol. The second-order valence-electron chi connectivity index (χ2n) is 5.41. The summed E-state index contributed by atoms with van der Waals surface area (Å²) in [7, 11) is 0. The van der Waals surface area contributed by atoms with E-state index in [1.54, 1.807) is 19.1 Å². The van der Waals surface area contributed by atoms with Crippen LogP contribution >= 0.6 is 27.5 Å². The van der Waals surface area contributed by atoms with E-state index in [1.165, 1.54) is 0 Å². The van der Waals surface area contributed by atoms with Gasteiger partial charge in [-0.25, -0.2) is 9.78 Å². The molecule has 0 saturated heterocycles. The van der Waals surface area contributed by atoms with Crippen molar-refractivity contribution in [3.63, 3.8) is 0 Å². The molecule has 3 rings (SSSR count). The van der Waals surface area contributed by atoms with Gasteiger partial charge in [-0.3, -0.25) is 4.57 Å². The van der Waals surface area contributed by atoms with Crippen molar-refractivity contribution >= 4 is 33.5 Å². The van der Waals surface area contributed by atoms with Crippen LogP contribution in [0.4, 0.5) is 0 Å². The van der Waals surface area contributed by atoms with E-state index in [0.29, 0.717) is 23.1 Å². The smallest absolute Gasteiger partial charge is 0.358 e.